The number of aliphatic hydroxyl groups excluding tert-OH is 2. The number of hydrogen-bond acceptors (Lipinski definition) is 2. The highest BCUT2D eigenvalue weighted by molar-refractivity contribution is 5.29. The third kappa shape index (κ3) is 7.09. The average molecular weight is 170 g/mol. The summed E-state index contributed by atoms with van der Waals surface area (Å²) >= 11 is 0. The Hall–Kier alpha value is -1.02. The second-order valence-electron chi connectivity index (χ2n) is 2.12. The van der Waals surface area contributed by atoms with Crippen LogP contribution in [0.25, 0.3) is 0 Å². The van der Waals surface area contributed by atoms with Gasteiger partial charge in [-0.15, -0.1) is 0 Å². The zero-order valence-electron chi connectivity index (χ0n) is 8.09. The van der Waals surface area contributed by atoms with Gasteiger partial charge in [0, 0.05) is 5.57 Å². The SMILES string of the molecule is C=C(C)/C=C(/CO)C(=C)O.CC. The summed E-state index contributed by atoms with van der Waals surface area (Å²) in [6.45, 7) is 12.4. The Morgan fingerprint density at radius 1 is 1.33 bits per heavy atom. The van der Waals surface area contributed by atoms with Gasteiger partial charge in [-0.05, 0) is 6.92 Å². The van der Waals surface area contributed by atoms with Crippen LogP contribution in [0.4, 0.5) is 0 Å². The molecule has 0 amide bonds. The van der Waals surface area contributed by atoms with E-state index in [9.17, 15) is 0 Å². The van der Waals surface area contributed by atoms with E-state index in [0.717, 1.165) is 5.57 Å². The molecule has 0 aliphatic rings. The summed E-state index contributed by atoms with van der Waals surface area (Å²) < 4.78 is 0. The minimum atomic E-state index is -0.206. The third-order valence-electron chi connectivity index (χ3n) is 0.962. The van der Waals surface area contributed by atoms with Crippen molar-refractivity contribution in [3.63, 3.8) is 0 Å². The normalized spacial score (nSPS) is 9.83. The van der Waals surface area contributed by atoms with E-state index in [2.05, 4.69) is 13.2 Å². The quantitative estimate of drug-likeness (QED) is 0.505. The van der Waals surface area contributed by atoms with E-state index < -0.39 is 0 Å². The van der Waals surface area contributed by atoms with E-state index in [1.165, 1.54) is 0 Å². The van der Waals surface area contributed by atoms with Gasteiger partial charge in [0.1, 0.15) is 5.76 Å². The molecule has 0 aliphatic carbocycles. The van der Waals surface area contributed by atoms with E-state index in [1.807, 2.05) is 13.8 Å². The molecule has 0 radical (unpaired) electrons. The average Bonchev–Trinajstić information content (AvgIpc) is 2.03. The molecule has 0 fully saturated rings. The van der Waals surface area contributed by atoms with Crippen molar-refractivity contribution in [2.45, 2.75) is 20.8 Å². The molecule has 0 aliphatic heterocycles. The van der Waals surface area contributed by atoms with Crippen molar-refractivity contribution in [3.05, 3.63) is 36.1 Å². The highest BCUT2D eigenvalue weighted by Gasteiger charge is 1.96. The van der Waals surface area contributed by atoms with Gasteiger partial charge in [0.2, 0.25) is 0 Å². The summed E-state index contributed by atoms with van der Waals surface area (Å²) in [6.07, 6.45) is 1.59. The van der Waals surface area contributed by atoms with Gasteiger partial charge in [0.25, 0.3) is 0 Å². The van der Waals surface area contributed by atoms with E-state index in [-0.39, 0.29) is 12.4 Å². The van der Waals surface area contributed by atoms with Crippen molar-refractivity contribution < 1.29 is 10.2 Å². The predicted octanol–water partition coefficient (Wildman–Crippen LogP) is 2.58. The summed E-state index contributed by atoms with van der Waals surface area (Å²) in [5.41, 5.74) is 1.19. The molecule has 12 heavy (non-hydrogen) atoms. The lowest BCUT2D eigenvalue weighted by Crippen LogP contribution is -1.93. The van der Waals surface area contributed by atoms with Gasteiger partial charge >= 0.3 is 0 Å². The van der Waals surface area contributed by atoms with E-state index in [1.54, 1.807) is 13.0 Å². The Bertz CT molecular complexity index is 178. The number of rotatable bonds is 3. The van der Waals surface area contributed by atoms with E-state index in [0.29, 0.717) is 5.57 Å². The summed E-state index contributed by atoms with van der Waals surface area (Å²) in [6, 6.07) is 0. The Labute approximate surface area is 74.5 Å². The zero-order chi connectivity index (χ0) is 10.1. The molecule has 0 saturated carbocycles. The van der Waals surface area contributed by atoms with Gasteiger partial charge in [-0.2, -0.15) is 0 Å². The van der Waals surface area contributed by atoms with Gasteiger partial charge in [0.05, 0.1) is 6.61 Å². The van der Waals surface area contributed by atoms with E-state index >= 15 is 0 Å². The Morgan fingerprint density at radius 2 is 1.75 bits per heavy atom. The number of hydrogen-bond donors (Lipinski definition) is 2. The van der Waals surface area contributed by atoms with Crippen molar-refractivity contribution >= 4 is 0 Å². The second kappa shape index (κ2) is 8.08. The fourth-order valence-electron chi connectivity index (χ4n) is 0.518. The molecule has 2 heteroatoms. The maximum Gasteiger partial charge on any atom is 0.113 e. The van der Waals surface area contributed by atoms with Gasteiger partial charge < -0.3 is 10.2 Å². The fraction of sp³-hybridized carbons (Fsp3) is 0.400. The van der Waals surface area contributed by atoms with Crippen LogP contribution in [0.1, 0.15) is 20.8 Å². The van der Waals surface area contributed by atoms with Crippen LogP contribution in [-0.4, -0.2) is 16.8 Å². The molecule has 0 atom stereocenters. The Morgan fingerprint density at radius 3 is 1.83 bits per heavy atom. The van der Waals surface area contributed by atoms with Gasteiger partial charge in [-0.25, -0.2) is 0 Å². The lowest BCUT2D eigenvalue weighted by molar-refractivity contribution is 0.315. The first-order valence-corrected chi connectivity index (χ1v) is 3.93. The standard InChI is InChI=1S/C8H12O2.C2H6/c1-6(2)4-8(5-9)7(3)10;1-2/h4,9-10H,1,3,5H2,2H3;1-2H3/b8-4-;. The number of aliphatic hydroxyl groups is 2. The third-order valence-corrected chi connectivity index (χ3v) is 0.962. The lowest BCUT2D eigenvalue weighted by Gasteiger charge is -1.99. The van der Waals surface area contributed by atoms with Crippen LogP contribution in [0.5, 0.6) is 0 Å². The molecule has 0 aromatic rings. The molecule has 0 rings (SSSR count). The zero-order valence-corrected chi connectivity index (χ0v) is 8.09. The smallest absolute Gasteiger partial charge is 0.113 e. The molecule has 0 heterocycles. The van der Waals surface area contributed by atoms with Crippen molar-refractivity contribution in [1.29, 1.82) is 0 Å². The largest absolute Gasteiger partial charge is 0.508 e. The fourth-order valence-corrected chi connectivity index (χ4v) is 0.518. The van der Waals surface area contributed by atoms with Crippen LogP contribution in [0.2, 0.25) is 0 Å². The summed E-state index contributed by atoms with van der Waals surface area (Å²) in [4.78, 5) is 0. The van der Waals surface area contributed by atoms with Crippen molar-refractivity contribution in [3.8, 4) is 0 Å². The van der Waals surface area contributed by atoms with Crippen LogP contribution >= 0.6 is 0 Å². The maximum atomic E-state index is 8.80. The van der Waals surface area contributed by atoms with Crippen molar-refractivity contribution in [2.75, 3.05) is 6.61 Å². The predicted molar refractivity (Wildman–Crippen MR) is 53.1 cm³/mol. The molecule has 0 aromatic heterocycles. The first-order valence-electron chi connectivity index (χ1n) is 3.93. The molecule has 0 aromatic carbocycles. The molecule has 0 bridgehead atoms. The molecular weight excluding hydrogens is 152 g/mol. The molecule has 2 N–H and O–H groups in total. The van der Waals surface area contributed by atoms with Crippen LogP contribution in [0.15, 0.2) is 36.1 Å². The maximum absolute atomic E-state index is 8.80. The first-order chi connectivity index (χ1) is 5.57. The molecule has 70 valence electrons. The highest BCUT2D eigenvalue weighted by Crippen LogP contribution is 2.05. The molecule has 0 saturated heterocycles. The first kappa shape index (κ1) is 13.6. The molecular formula is C10H18O2. The van der Waals surface area contributed by atoms with Crippen LogP contribution < -0.4 is 0 Å². The summed E-state index contributed by atoms with van der Waals surface area (Å²) in [7, 11) is 0. The Kier molecular flexibility index (Phi) is 9.13. The van der Waals surface area contributed by atoms with Gasteiger partial charge in [0.15, 0.2) is 0 Å². The summed E-state index contributed by atoms with van der Waals surface area (Å²) in [5, 5.41) is 17.4. The number of allylic oxidation sites excluding steroid dienone is 2. The molecule has 0 unspecified atom stereocenters. The van der Waals surface area contributed by atoms with Crippen molar-refractivity contribution in [1.82, 2.24) is 0 Å². The monoisotopic (exact) mass is 170 g/mol. The van der Waals surface area contributed by atoms with Crippen molar-refractivity contribution in [2.24, 2.45) is 0 Å². The highest BCUT2D eigenvalue weighted by atomic mass is 16.3. The lowest BCUT2D eigenvalue weighted by atomic mass is 10.2. The minimum absolute atomic E-state index is 0.106. The topological polar surface area (TPSA) is 40.5 Å². The van der Waals surface area contributed by atoms with Crippen LogP contribution in [0.3, 0.4) is 0 Å². The van der Waals surface area contributed by atoms with Crippen LogP contribution in [0, 0.1) is 0 Å². The molecule has 0 spiro atoms. The molecule has 2 nitrogen and oxygen atoms in total. The minimum Gasteiger partial charge on any atom is -0.508 e. The summed E-state index contributed by atoms with van der Waals surface area (Å²) in [5.74, 6) is -0.106. The van der Waals surface area contributed by atoms with Gasteiger partial charge in [-0.3, -0.25) is 0 Å². The van der Waals surface area contributed by atoms with E-state index in [4.69, 9.17) is 10.2 Å². The Balaban J connectivity index is 0. The van der Waals surface area contributed by atoms with Crippen LogP contribution in [-0.2, 0) is 0 Å². The van der Waals surface area contributed by atoms with Gasteiger partial charge in [-0.1, -0.05) is 38.7 Å². The second-order valence-corrected chi connectivity index (χ2v) is 2.12.